The first kappa shape index (κ1) is 12.7. The van der Waals surface area contributed by atoms with E-state index >= 15 is 0 Å². The Hall–Kier alpha value is -1.35. The number of hydrogen-bond acceptors (Lipinski definition) is 2. The third-order valence-electron chi connectivity index (χ3n) is 2.35. The zero-order valence-electron chi connectivity index (χ0n) is 10.3. The van der Waals surface area contributed by atoms with Crippen LogP contribution < -0.4 is 5.32 Å². The first-order chi connectivity index (χ1) is 7.59. The first-order valence-corrected chi connectivity index (χ1v) is 5.59. The Labute approximate surface area is 97.5 Å². The summed E-state index contributed by atoms with van der Waals surface area (Å²) >= 11 is 0. The van der Waals surface area contributed by atoms with E-state index in [1.54, 1.807) is 0 Å². The van der Waals surface area contributed by atoms with Gasteiger partial charge in [0.25, 0.3) is 5.91 Å². The zero-order valence-corrected chi connectivity index (χ0v) is 10.3. The van der Waals surface area contributed by atoms with Gasteiger partial charge in [0.1, 0.15) is 0 Å². The maximum Gasteiger partial charge on any atom is 0.251 e. The highest BCUT2D eigenvalue weighted by molar-refractivity contribution is 5.94. The Kier molecular flexibility index (Phi) is 4.99. The summed E-state index contributed by atoms with van der Waals surface area (Å²) in [7, 11) is 4.06. The highest BCUT2D eigenvalue weighted by atomic mass is 16.1. The third-order valence-corrected chi connectivity index (χ3v) is 2.35. The van der Waals surface area contributed by atoms with Crippen molar-refractivity contribution in [2.75, 3.05) is 27.2 Å². The fourth-order valence-corrected chi connectivity index (χ4v) is 1.49. The van der Waals surface area contributed by atoms with E-state index in [1.807, 2.05) is 45.3 Å². The molecule has 0 aliphatic heterocycles. The minimum absolute atomic E-state index is 0.0162. The van der Waals surface area contributed by atoms with Crippen LogP contribution in [0.5, 0.6) is 0 Å². The van der Waals surface area contributed by atoms with Gasteiger partial charge < -0.3 is 10.2 Å². The molecule has 0 spiro atoms. The maximum absolute atomic E-state index is 11.7. The average molecular weight is 220 g/mol. The minimum Gasteiger partial charge on any atom is -0.352 e. The second-order valence-corrected chi connectivity index (χ2v) is 4.28. The van der Waals surface area contributed by atoms with Gasteiger partial charge in [-0.1, -0.05) is 17.7 Å². The second kappa shape index (κ2) is 6.28. The van der Waals surface area contributed by atoms with Crippen molar-refractivity contribution in [3.05, 3.63) is 35.4 Å². The summed E-state index contributed by atoms with van der Waals surface area (Å²) in [6.45, 7) is 3.71. The van der Waals surface area contributed by atoms with Gasteiger partial charge in [-0.25, -0.2) is 0 Å². The Morgan fingerprint density at radius 1 is 1.38 bits per heavy atom. The van der Waals surface area contributed by atoms with Crippen LogP contribution in [0.4, 0.5) is 0 Å². The van der Waals surface area contributed by atoms with Gasteiger partial charge in [0.15, 0.2) is 0 Å². The van der Waals surface area contributed by atoms with E-state index < -0.39 is 0 Å². The van der Waals surface area contributed by atoms with Gasteiger partial charge in [-0.2, -0.15) is 0 Å². The lowest BCUT2D eigenvalue weighted by atomic mass is 10.1. The van der Waals surface area contributed by atoms with Crippen molar-refractivity contribution < 1.29 is 4.79 Å². The van der Waals surface area contributed by atoms with E-state index in [4.69, 9.17) is 0 Å². The van der Waals surface area contributed by atoms with Crippen LogP contribution in [0.1, 0.15) is 22.3 Å². The summed E-state index contributed by atoms with van der Waals surface area (Å²) < 4.78 is 0. The van der Waals surface area contributed by atoms with E-state index in [0.717, 1.165) is 30.6 Å². The summed E-state index contributed by atoms with van der Waals surface area (Å²) in [4.78, 5) is 13.8. The van der Waals surface area contributed by atoms with Crippen molar-refractivity contribution in [3.63, 3.8) is 0 Å². The van der Waals surface area contributed by atoms with Crippen LogP contribution in [0.15, 0.2) is 24.3 Å². The number of carbonyl (C=O) groups excluding carboxylic acids is 1. The normalized spacial score (nSPS) is 10.5. The highest BCUT2D eigenvalue weighted by Crippen LogP contribution is 2.03. The molecule has 0 saturated carbocycles. The van der Waals surface area contributed by atoms with E-state index in [2.05, 4.69) is 10.2 Å². The SMILES string of the molecule is Cc1cccc(C(=O)NCCCN(C)C)c1. The molecule has 0 heterocycles. The smallest absolute Gasteiger partial charge is 0.251 e. The van der Waals surface area contributed by atoms with Gasteiger partial charge in [0.05, 0.1) is 0 Å². The number of benzene rings is 1. The van der Waals surface area contributed by atoms with Crippen molar-refractivity contribution in [1.29, 1.82) is 0 Å². The molecule has 0 aliphatic rings. The Balaban J connectivity index is 2.35. The monoisotopic (exact) mass is 220 g/mol. The summed E-state index contributed by atoms with van der Waals surface area (Å²) in [5, 5.41) is 2.92. The van der Waals surface area contributed by atoms with Gasteiger partial charge in [-0.3, -0.25) is 4.79 Å². The summed E-state index contributed by atoms with van der Waals surface area (Å²) in [5.41, 5.74) is 1.85. The lowest BCUT2D eigenvalue weighted by molar-refractivity contribution is 0.0952. The standard InChI is InChI=1S/C13H20N2O/c1-11-6-4-7-12(10-11)13(16)14-8-5-9-15(2)3/h4,6-7,10H,5,8-9H2,1-3H3,(H,14,16). The number of amides is 1. The molecule has 0 saturated heterocycles. The van der Waals surface area contributed by atoms with Crippen LogP contribution in [0.2, 0.25) is 0 Å². The van der Waals surface area contributed by atoms with Gasteiger partial charge >= 0.3 is 0 Å². The molecule has 0 aliphatic carbocycles. The van der Waals surface area contributed by atoms with E-state index in [1.165, 1.54) is 0 Å². The van der Waals surface area contributed by atoms with E-state index in [9.17, 15) is 4.79 Å². The largest absolute Gasteiger partial charge is 0.352 e. The predicted octanol–water partition coefficient (Wildman–Crippen LogP) is 1.68. The van der Waals surface area contributed by atoms with Crippen LogP contribution >= 0.6 is 0 Å². The van der Waals surface area contributed by atoms with Crippen LogP contribution in [-0.2, 0) is 0 Å². The minimum atomic E-state index is 0.0162. The van der Waals surface area contributed by atoms with Gasteiger partial charge in [0.2, 0.25) is 0 Å². The summed E-state index contributed by atoms with van der Waals surface area (Å²) in [6, 6.07) is 7.64. The molecule has 1 amide bonds. The van der Waals surface area contributed by atoms with Crippen molar-refractivity contribution in [1.82, 2.24) is 10.2 Å². The quantitative estimate of drug-likeness (QED) is 0.766. The first-order valence-electron chi connectivity index (χ1n) is 5.59. The maximum atomic E-state index is 11.7. The predicted molar refractivity (Wildman–Crippen MR) is 66.7 cm³/mol. The molecule has 16 heavy (non-hydrogen) atoms. The fraction of sp³-hybridized carbons (Fsp3) is 0.462. The molecule has 0 aromatic heterocycles. The van der Waals surface area contributed by atoms with Crippen LogP contribution in [0.3, 0.4) is 0 Å². The molecule has 0 radical (unpaired) electrons. The number of hydrogen-bond donors (Lipinski definition) is 1. The van der Waals surface area contributed by atoms with Gasteiger partial charge in [-0.15, -0.1) is 0 Å². The molecular formula is C13H20N2O. The summed E-state index contributed by atoms with van der Waals surface area (Å²) in [6.07, 6.45) is 0.977. The molecule has 1 aromatic carbocycles. The molecule has 3 nitrogen and oxygen atoms in total. The molecule has 0 atom stereocenters. The Morgan fingerprint density at radius 3 is 2.75 bits per heavy atom. The molecule has 0 unspecified atom stereocenters. The molecule has 0 bridgehead atoms. The molecule has 1 N–H and O–H groups in total. The topological polar surface area (TPSA) is 32.3 Å². The average Bonchev–Trinajstić information content (AvgIpc) is 2.24. The second-order valence-electron chi connectivity index (χ2n) is 4.28. The molecule has 0 fully saturated rings. The lowest BCUT2D eigenvalue weighted by Gasteiger charge is -2.10. The van der Waals surface area contributed by atoms with Crippen LogP contribution in [0.25, 0.3) is 0 Å². The number of aryl methyl sites for hydroxylation is 1. The van der Waals surface area contributed by atoms with E-state index in [0.29, 0.717) is 0 Å². The van der Waals surface area contributed by atoms with Gasteiger partial charge in [0, 0.05) is 12.1 Å². The molecule has 88 valence electrons. The van der Waals surface area contributed by atoms with E-state index in [-0.39, 0.29) is 5.91 Å². The van der Waals surface area contributed by atoms with Crippen LogP contribution in [0, 0.1) is 6.92 Å². The number of carbonyl (C=O) groups is 1. The molecule has 1 rings (SSSR count). The number of rotatable bonds is 5. The fourth-order valence-electron chi connectivity index (χ4n) is 1.49. The molecule has 3 heteroatoms. The van der Waals surface area contributed by atoms with Crippen LogP contribution in [-0.4, -0.2) is 38.0 Å². The lowest BCUT2D eigenvalue weighted by Crippen LogP contribution is -2.27. The Bertz CT molecular complexity index is 348. The molecule has 1 aromatic rings. The van der Waals surface area contributed by atoms with Crippen molar-refractivity contribution in [2.45, 2.75) is 13.3 Å². The number of nitrogens with zero attached hydrogens (tertiary/aromatic N) is 1. The third kappa shape index (κ3) is 4.45. The van der Waals surface area contributed by atoms with Crippen molar-refractivity contribution in [3.8, 4) is 0 Å². The van der Waals surface area contributed by atoms with Crippen molar-refractivity contribution >= 4 is 5.91 Å². The zero-order chi connectivity index (χ0) is 12.0. The number of nitrogens with one attached hydrogen (secondary N) is 1. The Morgan fingerprint density at radius 2 is 2.12 bits per heavy atom. The highest BCUT2D eigenvalue weighted by Gasteiger charge is 2.03. The van der Waals surface area contributed by atoms with Gasteiger partial charge in [-0.05, 0) is 46.1 Å². The van der Waals surface area contributed by atoms with Crippen molar-refractivity contribution in [2.24, 2.45) is 0 Å². The molecular weight excluding hydrogens is 200 g/mol. The summed E-state index contributed by atoms with van der Waals surface area (Å²) in [5.74, 6) is 0.0162.